The van der Waals surface area contributed by atoms with Crippen LogP contribution in [0.1, 0.15) is 21.6 Å². The molecule has 0 fully saturated rings. The molecule has 1 aromatic heterocycles. The number of carbonyl (C=O) groups is 1. The van der Waals surface area contributed by atoms with Crippen LogP contribution in [-0.2, 0) is 6.54 Å². The van der Waals surface area contributed by atoms with E-state index in [2.05, 4.69) is 26.2 Å². The molecule has 0 saturated heterocycles. The highest BCUT2D eigenvalue weighted by molar-refractivity contribution is 9.10. The molecule has 0 spiro atoms. The highest BCUT2D eigenvalue weighted by Gasteiger charge is 2.16. The van der Waals surface area contributed by atoms with Crippen LogP contribution in [-0.4, -0.2) is 26.3 Å². The van der Waals surface area contributed by atoms with Crippen molar-refractivity contribution in [2.24, 2.45) is 0 Å². The minimum Gasteiger partial charge on any atom is -0.348 e. The summed E-state index contributed by atoms with van der Waals surface area (Å²) >= 11 is 3.40. The molecular formula is C21H21BrN2O3S. The fraction of sp³-hybridized carbons (Fsp3) is 0.143. The third-order valence-corrected chi connectivity index (χ3v) is 5.88. The lowest BCUT2D eigenvalue weighted by molar-refractivity contribution is 0.0950. The Labute approximate surface area is 174 Å². The van der Waals surface area contributed by atoms with Gasteiger partial charge in [-0.15, -0.1) is 0 Å². The molecular weight excluding hydrogens is 440 g/mol. The Morgan fingerprint density at radius 1 is 1.07 bits per heavy atom. The van der Waals surface area contributed by atoms with E-state index in [0.29, 0.717) is 17.0 Å². The maximum Gasteiger partial charge on any atom is 0.251 e. The molecule has 146 valence electrons. The molecule has 0 aliphatic heterocycles. The average Bonchev–Trinajstić information content (AvgIpc) is 2.67. The predicted octanol–water partition coefficient (Wildman–Crippen LogP) is 5.49. The van der Waals surface area contributed by atoms with E-state index in [1.807, 2.05) is 43.3 Å². The van der Waals surface area contributed by atoms with Crippen LogP contribution >= 0.6 is 26.5 Å². The predicted molar refractivity (Wildman–Crippen MR) is 117 cm³/mol. The fourth-order valence-corrected chi connectivity index (χ4v) is 3.61. The van der Waals surface area contributed by atoms with Crippen molar-refractivity contribution in [3.63, 3.8) is 0 Å². The van der Waals surface area contributed by atoms with Crippen molar-refractivity contribution < 1.29 is 13.9 Å². The van der Waals surface area contributed by atoms with E-state index in [1.165, 1.54) is 12.3 Å². The Kier molecular flexibility index (Phi) is 6.20. The van der Waals surface area contributed by atoms with Crippen molar-refractivity contribution in [3.05, 3.63) is 82.1 Å². The Hall–Kier alpha value is -2.19. The van der Waals surface area contributed by atoms with E-state index in [4.69, 9.17) is 0 Å². The Morgan fingerprint density at radius 2 is 1.79 bits per heavy atom. The van der Waals surface area contributed by atoms with Crippen molar-refractivity contribution >= 4 is 32.4 Å². The minimum absolute atomic E-state index is 0.288. The number of nitrogens with zero attached hydrogens (tertiary/aromatic N) is 1. The number of halogens is 1. The number of amides is 1. The second kappa shape index (κ2) is 8.45. The van der Waals surface area contributed by atoms with Gasteiger partial charge < -0.3 is 5.32 Å². The van der Waals surface area contributed by atoms with Gasteiger partial charge in [0.1, 0.15) is 0 Å². The first-order valence-electron chi connectivity index (χ1n) is 8.56. The molecule has 3 N–H and O–H groups in total. The number of aryl methyl sites for hydroxylation is 1. The summed E-state index contributed by atoms with van der Waals surface area (Å²) in [5.74, 6) is -0.288. The summed E-state index contributed by atoms with van der Waals surface area (Å²) in [5, 5.41) is 2.86. The van der Waals surface area contributed by atoms with Crippen LogP contribution in [0.5, 0.6) is 0 Å². The Bertz CT molecular complexity index is 984. The maximum absolute atomic E-state index is 12.7. The van der Waals surface area contributed by atoms with E-state index in [1.54, 1.807) is 18.3 Å². The third kappa shape index (κ3) is 5.20. The van der Waals surface area contributed by atoms with Gasteiger partial charge in [0, 0.05) is 34.7 Å². The molecule has 3 aromatic rings. The van der Waals surface area contributed by atoms with Crippen LogP contribution in [0.15, 0.2) is 70.2 Å². The average molecular weight is 461 g/mol. The summed E-state index contributed by atoms with van der Waals surface area (Å²) in [5.41, 5.74) is 3.80. The molecule has 0 aliphatic rings. The van der Waals surface area contributed by atoms with Crippen molar-refractivity contribution in [2.75, 3.05) is 6.26 Å². The Morgan fingerprint density at radius 3 is 2.39 bits per heavy atom. The van der Waals surface area contributed by atoms with Gasteiger partial charge in [-0.25, -0.2) is 0 Å². The van der Waals surface area contributed by atoms with Crippen LogP contribution in [0, 0.1) is 6.92 Å². The fourth-order valence-electron chi connectivity index (χ4n) is 2.65. The normalized spacial score (nSPS) is 11.9. The first kappa shape index (κ1) is 20.5. The van der Waals surface area contributed by atoms with Crippen LogP contribution in [0.2, 0.25) is 0 Å². The van der Waals surface area contributed by atoms with Crippen molar-refractivity contribution in [1.82, 2.24) is 10.3 Å². The first-order chi connectivity index (χ1) is 13.2. The Balaban J connectivity index is 1.90. The van der Waals surface area contributed by atoms with Gasteiger partial charge in [-0.3, -0.25) is 18.9 Å². The number of hydrogen-bond acceptors (Lipinski definition) is 4. The zero-order chi connectivity index (χ0) is 20.3. The number of rotatable bonds is 5. The smallest absolute Gasteiger partial charge is 0.251 e. The number of pyridine rings is 1. The summed E-state index contributed by atoms with van der Waals surface area (Å²) in [6.07, 6.45) is 3.08. The summed E-state index contributed by atoms with van der Waals surface area (Å²) in [4.78, 5) is 17.3. The van der Waals surface area contributed by atoms with Gasteiger partial charge in [0.15, 0.2) is 0 Å². The molecule has 0 unspecified atom stereocenters. The van der Waals surface area contributed by atoms with Crippen molar-refractivity contribution in [1.29, 1.82) is 0 Å². The lowest BCUT2D eigenvalue weighted by atomic mass is 10.0. The molecule has 1 amide bonds. The third-order valence-electron chi connectivity index (χ3n) is 4.22. The molecule has 7 heteroatoms. The SMILES string of the molecule is Cc1ccc(CNC(=O)c2cc(-c3ccc(Br)cc3)cc(S(C)(O)O)c2)cn1. The molecule has 0 aliphatic carbocycles. The largest absolute Gasteiger partial charge is 0.348 e. The van der Waals surface area contributed by atoms with Gasteiger partial charge >= 0.3 is 0 Å². The molecule has 0 saturated carbocycles. The molecule has 0 atom stereocenters. The second-order valence-corrected chi connectivity index (χ2v) is 9.63. The number of benzene rings is 2. The molecule has 1 heterocycles. The monoisotopic (exact) mass is 460 g/mol. The highest BCUT2D eigenvalue weighted by atomic mass is 79.9. The van der Waals surface area contributed by atoms with Gasteiger partial charge in [0.05, 0.1) is 4.90 Å². The minimum atomic E-state index is -2.97. The summed E-state index contributed by atoms with van der Waals surface area (Å²) < 4.78 is 21.2. The zero-order valence-corrected chi connectivity index (χ0v) is 17.9. The number of carbonyl (C=O) groups excluding carboxylic acids is 1. The number of nitrogens with one attached hydrogen (secondary N) is 1. The van der Waals surface area contributed by atoms with Gasteiger partial charge in [-0.2, -0.15) is 10.6 Å². The maximum atomic E-state index is 12.7. The summed E-state index contributed by atoms with van der Waals surface area (Å²) in [6.45, 7) is 2.24. The van der Waals surface area contributed by atoms with E-state index >= 15 is 0 Å². The van der Waals surface area contributed by atoms with E-state index < -0.39 is 10.6 Å². The van der Waals surface area contributed by atoms with E-state index in [-0.39, 0.29) is 5.91 Å². The highest BCUT2D eigenvalue weighted by Crippen LogP contribution is 2.45. The molecule has 3 rings (SSSR count). The van der Waals surface area contributed by atoms with Crippen molar-refractivity contribution in [2.45, 2.75) is 18.4 Å². The molecule has 0 bridgehead atoms. The molecule has 0 radical (unpaired) electrons. The molecule has 2 aromatic carbocycles. The van der Waals surface area contributed by atoms with E-state index in [9.17, 15) is 13.9 Å². The zero-order valence-electron chi connectivity index (χ0n) is 15.5. The van der Waals surface area contributed by atoms with Crippen LogP contribution in [0.4, 0.5) is 0 Å². The van der Waals surface area contributed by atoms with Crippen LogP contribution < -0.4 is 5.32 Å². The van der Waals surface area contributed by atoms with Crippen molar-refractivity contribution in [3.8, 4) is 11.1 Å². The summed E-state index contributed by atoms with van der Waals surface area (Å²) in [6, 6.07) is 16.4. The summed E-state index contributed by atoms with van der Waals surface area (Å²) in [7, 11) is -2.97. The van der Waals surface area contributed by atoms with Gasteiger partial charge in [0.25, 0.3) is 5.91 Å². The molecule has 5 nitrogen and oxygen atoms in total. The number of aromatic nitrogens is 1. The van der Waals surface area contributed by atoms with Gasteiger partial charge in [-0.1, -0.05) is 34.1 Å². The van der Waals surface area contributed by atoms with Crippen LogP contribution in [0.3, 0.4) is 0 Å². The number of hydrogen-bond donors (Lipinski definition) is 3. The van der Waals surface area contributed by atoms with E-state index in [0.717, 1.165) is 26.9 Å². The van der Waals surface area contributed by atoms with Gasteiger partial charge in [-0.05, 0) is 60.0 Å². The topological polar surface area (TPSA) is 82.5 Å². The lowest BCUT2D eigenvalue weighted by Crippen LogP contribution is -2.23. The van der Waals surface area contributed by atoms with Crippen LogP contribution in [0.25, 0.3) is 11.1 Å². The lowest BCUT2D eigenvalue weighted by Gasteiger charge is -2.28. The standard InChI is InChI=1S/C21H21BrN2O3S/c1-14-3-4-15(12-23-14)13-24-21(25)18-9-17(10-20(11-18)28(2,26)27)16-5-7-19(22)8-6-16/h3-12,26-27H,13H2,1-2H3,(H,24,25). The quantitative estimate of drug-likeness (QED) is 0.469. The second-order valence-electron chi connectivity index (χ2n) is 6.58. The first-order valence-corrected chi connectivity index (χ1v) is 11.3. The van der Waals surface area contributed by atoms with Gasteiger partial charge in [0.2, 0.25) is 0 Å². The molecule has 28 heavy (non-hydrogen) atoms.